The van der Waals surface area contributed by atoms with Crippen LogP contribution in [0, 0.1) is 0 Å². The van der Waals surface area contributed by atoms with Gasteiger partial charge in [-0.05, 0) is 36.4 Å². The van der Waals surface area contributed by atoms with Crippen molar-refractivity contribution in [3.05, 3.63) is 52.0 Å². The molecule has 0 atom stereocenters. The molecule has 0 heterocycles. The van der Waals surface area contributed by atoms with Crippen LogP contribution in [-0.4, -0.2) is 14.2 Å². The molecule has 0 bridgehead atoms. The molecule has 2 aromatic rings. The molecule has 2 rings (SSSR count). The van der Waals surface area contributed by atoms with E-state index in [2.05, 4.69) is 11.4 Å². The van der Waals surface area contributed by atoms with Gasteiger partial charge < -0.3 is 10.1 Å². The fraction of sp³-hybridized carbons (Fsp3) is 0.200. The van der Waals surface area contributed by atoms with Crippen molar-refractivity contribution in [1.82, 2.24) is 5.32 Å². The van der Waals surface area contributed by atoms with Crippen molar-refractivity contribution in [3.8, 4) is 16.9 Å². The molecule has 2 aromatic carbocycles. The van der Waals surface area contributed by atoms with Crippen LogP contribution >= 0.6 is 23.2 Å². The number of hydrogen-bond donors (Lipinski definition) is 1. The topological polar surface area (TPSA) is 21.3 Å². The summed E-state index contributed by atoms with van der Waals surface area (Å²) >= 11 is 12.5. The lowest BCUT2D eigenvalue weighted by Gasteiger charge is -2.09. The van der Waals surface area contributed by atoms with Crippen LogP contribution in [0.5, 0.6) is 5.75 Å². The number of methoxy groups -OCH3 is 1. The molecule has 19 heavy (non-hydrogen) atoms. The van der Waals surface area contributed by atoms with Gasteiger partial charge in [0.15, 0.2) is 0 Å². The van der Waals surface area contributed by atoms with E-state index in [4.69, 9.17) is 27.9 Å². The molecule has 0 aliphatic carbocycles. The maximum Gasteiger partial charge on any atom is 0.137 e. The summed E-state index contributed by atoms with van der Waals surface area (Å²) in [5, 5.41) is 4.39. The second-order valence-electron chi connectivity index (χ2n) is 4.19. The van der Waals surface area contributed by atoms with E-state index in [1.54, 1.807) is 7.11 Å². The summed E-state index contributed by atoms with van der Waals surface area (Å²) in [5.74, 6) is 0.661. The van der Waals surface area contributed by atoms with Crippen molar-refractivity contribution in [2.45, 2.75) is 6.54 Å². The van der Waals surface area contributed by atoms with Crippen molar-refractivity contribution in [1.29, 1.82) is 0 Å². The molecule has 0 radical (unpaired) electrons. The van der Waals surface area contributed by atoms with Gasteiger partial charge in [0.05, 0.1) is 12.1 Å². The van der Waals surface area contributed by atoms with Crippen molar-refractivity contribution < 1.29 is 4.74 Å². The molecule has 2 nitrogen and oxygen atoms in total. The minimum absolute atomic E-state index is 0.579. The van der Waals surface area contributed by atoms with E-state index < -0.39 is 0 Å². The van der Waals surface area contributed by atoms with Crippen LogP contribution in [0.3, 0.4) is 0 Å². The molecule has 1 N–H and O–H groups in total. The van der Waals surface area contributed by atoms with Gasteiger partial charge in [-0.1, -0.05) is 41.4 Å². The standard InChI is InChI=1S/C15H15Cl2NO/c1-18-9-10-3-5-12(13(16)7-10)11-4-6-15(19-2)14(17)8-11/h3-8,18H,9H2,1-2H3. The Hall–Kier alpha value is -1.22. The first kappa shape index (κ1) is 14.2. The van der Waals surface area contributed by atoms with Crippen LogP contribution < -0.4 is 10.1 Å². The Balaban J connectivity index is 2.39. The molecule has 4 heteroatoms. The van der Waals surface area contributed by atoms with Crippen molar-refractivity contribution >= 4 is 23.2 Å². The number of benzene rings is 2. The van der Waals surface area contributed by atoms with E-state index in [1.807, 2.05) is 37.4 Å². The first-order valence-corrected chi connectivity index (χ1v) is 6.68. The number of ether oxygens (including phenoxy) is 1. The molecular formula is C15H15Cl2NO. The highest BCUT2D eigenvalue weighted by Crippen LogP contribution is 2.34. The quantitative estimate of drug-likeness (QED) is 0.903. The van der Waals surface area contributed by atoms with Gasteiger partial charge in [0.1, 0.15) is 5.75 Å². The number of hydrogen-bond acceptors (Lipinski definition) is 2. The predicted molar refractivity (Wildman–Crippen MR) is 81.2 cm³/mol. The maximum absolute atomic E-state index is 6.32. The number of rotatable bonds is 4. The molecule has 0 spiro atoms. The van der Waals surface area contributed by atoms with Gasteiger partial charge in [0, 0.05) is 17.1 Å². The van der Waals surface area contributed by atoms with E-state index in [-0.39, 0.29) is 0 Å². The summed E-state index contributed by atoms with van der Waals surface area (Å²) in [6.07, 6.45) is 0. The van der Waals surface area contributed by atoms with Gasteiger partial charge in [0.25, 0.3) is 0 Å². The Morgan fingerprint density at radius 2 is 1.84 bits per heavy atom. The second kappa shape index (κ2) is 6.29. The molecule has 0 amide bonds. The van der Waals surface area contributed by atoms with Crippen molar-refractivity contribution in [2.75, 3.05) is 14.2 Å². The zero-order chi connectivity index (χ0) is 13.8. The Morgan fingerprint density at radius 3 is 2.42 bits per heavy atom. The smallest absolute Gasteiger partial charge is 0.137 e. The largest absolute Gasteiger partial charge is 0.495 e. The zero-order valence-electron chi connectivity index (χ0n) is 10.8. The predicted octanol–water partition coefficient (Wildman–Crippen LogP) is 4.39. The normalized spacial score (nSPS) is 10.5. The summed E-state index contributed by atoms with van der Waals surface area (Å²) in [7, 11) is 3.51. The zero-order valence-corrected chi connectivity index (χ0v) is 12.3. The molecular weight excluding hydrogens is 281 g/mol. The SMILES string of the molecule is CNCc1ccc(-c2ccc(OC)c(Cl)c2)c(Cl)c1. The fourth-order valence-corrected chi connectivity index (χ4v) is 2.51. The molecule has 0 saturated carbocycles. The summed E-state index contributed by atoms with van der Waals surface area (Å²) in [6.45, 7) is 0.795. The first-order chi connectivity index (χ1) is 9.15. The minimum atomic E-state index is 0.579. The van der Waals surface area contributed by atoms with E-state index >= 15 is 0 Å². The van der Waals surface area contributed by atoms with Crippen LogP contribution in [0.1, 0.15) is 5.56 Å². The van der Waals surface area contributed by atoms with Crippen molar-refractivity contribution in [2.24, 2.45) is 0 Å². The molecule has 0 fully saturated rings. The lowest BCUT2D eigenvalue weighted by atomic mass is 10.0. The van der Waals surface area contributed by atoms with Gasteiger partial charge in [0.2, 0.25) is 0 Å². The number of halogens is 2. The third kappa shape index (κ3) is 3.21. The van der Waals surface area contributed by atoms with Crippen LogP contribution in [0.15, 0.2) is 36.4 Å². The monoisotopic (exact) mass is 295 g/mol. The molecule has 0 saturated heterocycles. The van der Waals surface area contributed by atoms with E-state index in [1.165, 1.54) is 0 Å². The minimum Gasteiger partial charge on any atom is -0.495 e. The summed E-state index contributed by atoms with van der Waals surface area (Å²) in [6, 6.07) is 11.7. The average Bonchev–Trinajstić information content (AvgIpc) is 2.39. The number of nitrogens with one attached hydrogen (secondary N) is 1. The molecule has 0 aromatic heterocycles. The van der Waals surface area contributed by atoms with E-state index in [0.29, 0.717) is 15.8 Å². The highest BCUT2D eigenvalue weighted by Gasteiger charge is 2.07. The summed E-state index contributed by atoms with van der Waals surface area (Å²) < 4.78 is 5.14. The molecule has 0 aliphatic rings. The lowest BCUT2D eigenvalue weighted by molar-refractivity contribution is 0.415. The van der Waals surface area contributed by atoms with Gasteiger partial charge >= 0.3 is 0 Å². The van der Waals surface area contributed by atoms with Gasteiger partial charge in [-0.2, -0.15) is 0 Å². The highest BCUT2D eigenvalue weighted by atomic mass is 35.5. The first-order valence-electron chi connectivity index (χ1n) is 5.92. The summed E-state index contributed by atoms with van der Waals surface area (Å²) in [4.78, 5) is 0. The van der Waals surface area contributed by atoms with Crippen molar-refractivity contribution in [3.63, 3.8) is 0 Å². The maximum atomic E-state index is 6.32. The molecule has 0 unspecified atom stereocenters. The van der Waals surface area contributed by atoms with E-state index in [9.17, 15) is 0 Å². The van der Waals surface area contributed by atoms with Gasteiger partial charge in [-0.15, -0.1) is 0 Å². The highest BCUT2D eigenvalue weighted by molar-refractivity contribution is 6.34. The fourth-order valence-electron chi connectivity index (χ4n) is 1.94. The molecule has 100 valence electrons. The third-order valence-corrected chi connectivity index (χ3v) is 3.49. The lowest BCUT2D eigenvalue weighted by Crippen LogP contribution is -2.04. The molecule has 0 aliphatic heterocycles. The van der Waals surface area contributed by atoms with Crippen LogP contribution in [0.4, 0.5) is 0 Å². The average molecular weight is 296 g/mol. The van der Waals surface area contributed by atoms with E-state index in [0.717, 1.165) is 23.2 Å². The third-order valence-electron chi connectivity index (χ3n) is 2.88. The van der Waals surface area contributed by atoms with Gasteiger partial charge in [-0.3, -0.25) is 0 Å². The second-order valence-corrected chi connectivity index (χ2v) is 5.01. The Morgan fingerprint density at radius 1 is 1.05 bits per heavy atom. The summed E-state index contributed by atoms with van der Waals surface area (Å²) in [5.41, 5.74) is 3.09. The van der Waals surface area contributed by atoms with Crippen LogP contribution in [0.2, 0.25) is 10.0 Å². The van der Waals surface area contributed by atoms with Crippen LogP contribution in [0.25, 0.3) is 11.1 Å². The Kier molecular flexibility index (Phi) is 4.70. The van der Waals surface area contributed by atoms with Crippen LogP contribution in [-0.2, 0) is 6.54 Å². The Labute approximate surface area is 123 Å². The Bertz CT molecular complexity index is 584. The van der Waals surface area contributed by atoms with Gasteiger partial charge in [-0.25, -0.2) is 0 Å².